The van der Waals surface area contributed by atoms with Gasteiger partial charge in [0.25, 0.3) is 0 Å². The Morgan fingerprint density at radius 1 is 1.73 bits per heavy atom. The van der Waals surface area contributed by atoms with Crippen molar-refractivity contribution in [3.05, 3.63) is 0 Å². The minimum atomic E-state index is 0.0199. The van der Waals surface area contributed by atoms with Crippen LogP contribution in [0, 0.1) is 0 Å². The van der Waals surface area contributed by atoms with Crippen LogP contribution < -0.4 is 5.32 Å². The summed E-state index contributed by atoms with van der Waals surface area (Å²) in [6.07, 6.45) is 0. The molecule has 0 bridgehead atoms. The summed E-state index contributed by atoms with van der Waals surface area (Å²) in [5.41, 5.74) is 0. The summed E-state index contributed by atoms with van der Waals surface area (Å²) in [4.78, 5) is 23.3. The van der Waals surface area contributed by atoms with Crippen molar-refractivity contribution in [2.75, 3.05) is 26.2 Å². The highest BCUT2D eigenvalue weighted by molar-refractivity contribution is 5.85. The summed E-state index contributed by atoms with van der Waals surface area (Å²) >= 11 is 0. The van der Waals surface area contributed by atoms with Gasteiger partial charge >= 0.3 is 0 Å². The fraction of sp³-hybridized carbons (Fsp3) is 0.714. The molecule has 4 nitrogen and oxygen atoms in total. The number of hydrogen-bond donors (Lipinski definition) is 1. The molecule has 1 amide bonds. The van der Waals surface area contributed by atoms with Crippen LogP contribution >= 0.6 is 0 Å². The summed E-state index contributed by atoms with van der Waals surface area (Å²) in [5, 5.41) is 2.94. The second-order valence-corrected chi connectivity index (χ2v) is 2.69. The van der Waals surface area contributed by atoms with Crippen molar-refractivity contribution in [1.29, 1.82) is 0 Å². The first kappa shape index (κ1) is 8.20. The van der Waals surface area contributed by atoms with Crippen LogP contribution in [0.2, 0.25) is 0 Å². The maximum atomic E-state index is 11.0. The van der Waals surface area contributed by atoms with E-state index in [0.717, 1.165) is 6.54 Å². The molecule has 62 valence electrons. The topological polar surface area (TPSA) is 49.4 Å². The van der Waals surface area contributed by atoms with Crippen molar-refractivity contribution in [2.45, 2.75) is 6.92 Å². The Morgan fingerprint density at radius 2 is 2.45 bits per heavy atom. The van der Waals surface area contributed by atoms with Crippen LogP contribution in [0.1, 0.15) is 6.92 Å². The molecule has 1 aliphatic heterocycles. The zero-order chi connectivity index (χ0) is 8.27. The lowest BCUT2D eigenvalue weighted by Gasteiger charge is -2.25. The van der Waals surface area contributed by atoms with E-state index in [1.165, 1.54) is 6.92 Å². The number of ketones is 1. The SMILES string of the molecule is CC(=O)CN1CCNCC1=O. The van der Waals surface area contributed by atoms with E-state index < -0.39 is 0 Å². The van der Waals surface area contributed by atoms with Crippen molar-refractivity contribution < 1.29 is 9.59 Å². The van der Waals surface area contributed by atoms with E-state index in [1.54, 1.807) is 4.90 Å². The molecular weight excluding hydrogens is 144 g/mol. The molecule has 1 rings (SSSR count). The second kappa shape index (κ2) is 3.48. The van der Waals surface area contributed by atoms with Gasteiger partial charge in [0.2, 0.25) is 5.91 Å². The van der Waals surface area contributed by atoms with Gasteiger partial charge in [-0.25, -0.2) is 0 Å². The molecule has 0 aromatic carbocycles. The number of amides is 1. The molecular formula is C7H12N2O2. The number of carbonyl (C=O) groups excluding carboxylic acids is 2. The van der Waals surface area contributed by atoms with E-state index >= 15 is 0 Å². The van der Waals surface area contributed by atoms with Crippen molar-refractivity contribution in [1.82, 2.24) is 10.2 Å². The maximum Gasteiger partial charge on any atom is 0.236 e. The van der Waals surface area contributed by atoms with Crippen molar-refractivity contribution in [3.8, 4) is 0 Å². The van der Waals surface area contributed by atoms with Crippen LogP contribution in [0.15, 0.2) is 0 Å². The average Bonchev–Trinajstić information content (AvgIpc) is 1.93. The first-order valence-electron chi connectivity index (χ1n) is 3.68. The van der Waals surface area contributed by atoms with Gasteiger partial charge < -0.3 is 10.2 Å². The van der Waals surface area contributed by atoms with Crippen LogP contribution in [0.4, 0.5) is 0 Å². The number of Topliss-reactive ketones (excluding diaryl/α,β-unsaturated/α-hetero) is 1. The van der Waals surface area contributed by atoms with Gasteiger partial charge in [-0.05, 0) is 6.92 Å². The van der Waals surface area contributed by atoms with Gasteiger partial charge in [0.05, 0.1) is 13.1 Å². The molecule has 1 aliphatic rings. The fourth-order valence-electron chi connectivity index (χ4n) is 1.08. The molecule has 1 heterocycles. The predicted molar refractivity (Wildman–Crippen MR) is 40.1 cm³/mol. The molecule has 1 fully saturated rings. The molecule has 0 atom stereocenters. The first-order chi connectivity index (χ1) is 5.20. The summed E-state index contributed by atoms with van der Waals surface area (Å²) in [7, 11) is 0. The zero-order valence-electron chi connectivity index (χ0n) is 6.59. The van der Waals surface area contributed by atoms with Crippen LogP contribution in [-0.2, 0) is 9.59 Å². The Morgan fingerprint density at radius 3 is 3.00 bits per heavy atom. The molecule has 0 aromatic heterocycles. The van der Waals surface area contributed by atoms with E-state index in [0.29, 0.717) is 13.1 Å². The molecule has 1 N–H and O–H groups in total. The number of nitrogens with zero attached hydrogens (tertiary/aromatic N) is 1. The normalized spacial score (nSPS) is 18.6. The van der Waals surface area contributed by atoms with E-state index in [1.807, 2.05) is 0 Å². The second-order valence-electron chi connectivity index (χ2n) is 2.69. The molecule has 1 saturated heterocycles. The Kier molecular flexibility index (Phi) is 2.59. The standard InChI is InChI=1S/C7H12N2O2/c1-6(10)5-9-3-2-8-4-7(9)11/h8H,2-5H2,1H3. The number of carbonyl (C=O) groups is 2. The van der Waals surface area contributed by atoms with E-state index in [4.69, 9.17) is 0 Å². The monoisotopic (exact) mass is 156 g/mol. The highest BCUT2D eigenvalue weighted by atomic mass is 16.2. The van der Waals surface area contributed by atoms with Gasteiger partial charge in [0, 0.05) is 13.1 Å². The third kappa shape index (κ3) is 2.31. The quantitative estimate of drug-likeness (QED) is 0.558. The lowest BCUT2D eigenvalue weighted by atomic mass is 10.3. The summed E-state index contributed by atoms with van der Waals surface area (Å²) in [6, 6.07) is 0. The summed E-state index contributed by atoms with van der Waals surface area (Å²) in [6.45, 7) is 3.57. The van der Waals surface area contributed by atoms with E-state index in [2.05, 4.69) is 5.32 Å². The highest BCUT2D eigenvalue weighted by Gasteiger charge is 2.17. The highest BCUT2D eigenvalue weighted by Crippen LogP contribution is 1.93. The Bertz CT molecular complexity index is 179. The minimum absolute atomic E-state index is 0.0199. The molecule has 0 aliphatic carbocycles. The minimum Gasteiger partial charge on any atom is -0.333 e. The van der Waals surface area contributed by atoms with Crippen LogP contribution in [-0.4, -0.2) is 42.8 Å². The van der Waals surface area contributed by atoms with Crippen molar-refractivity contribution >= 4 is 11.7 Å². The summed E-state index contributed by atoms with van der Waals surface area (Å²) in [5.74, 6) is 0.0618. The van der Waals surface area contributed by atoms with Gasteiger partial charge in [0.15, 0.2) is 0 Å². The fourth-order valence-corrected chi connectivity index (χ4v) is 1.08. The number of hydrogen-bond acceptors (Lipinski definition) is 3. The number of rotatable bonds is 2. The van der Waals surface area contributed by atoms with Gasteiger partial charge in [0.1, 0.15) is 5.78 Å². The predicted octanol–water partition coefficient (Wildman–Crippen LogP) is -0.993. The van der Waals surface area contributed by atoms with Gasteiger partial charge in [-0.1, -0.05) is 0 Å². The maximum absolute atomic E-state index is 11.0. The third-order valence-electron chi connectivity index (χ3n) is 1.60. The summed E-state index contributed by atoms with van der Waals surface area (Å²) < 4.78 is 0. The Hall–Kier alpha value is -0.900. The van der Waals surface area contributed by atoms with Gasteiger partial charge in [-0.15, -0.1) is 0 Å². The molecule has 4 heteroatoms. The largest absolute Gasteiger partial charge is 0.333 e. The number of nitrogens with one attached hydrogen (secondary N) is 1. The first-order valence-corrected chi connectivity index (χ1v) is 3.68. The lowest BCUT2D eigenvalue weighted by molar-refractivity contribution is -0.135. The molecule has 11 heavy (non-hydrogen) atoms. The Balaban J connectivity index is 2.42. The third-order valence-corrected chi connectivity index (χ3v) is 1.60. The molecule has 0 radical (unpaired) electrons. The number of piperazine rings is 1. The Labute approximate surface area is 65.6 Å². The lowest BCUT2D eigenvalue weighted by Crippen LogP contribution is -2.49. The van der Waals surface area contributed by atoms with Crippen LogP contribution in [0.5, 0.6) is 0 Å². The van der Waals surface area contributed by atoms with Crippen LogP contribution in [0.25, 0.3) is 0 Å². The van der Waals surface area contributed by atoms with Gasteiger partial charge in [-0.2, -0.15) is 0 Å². The van der Waals surface area contributed by atoms with E-state index in [-0.39, 0.29) is 18.2 Å². The average molecular weight is 156 g/mol. The van der Waals surface area contributed by atoms with E-state index in [9.17, 15) is 9.59 Å². The van der Waals surface area contributed by atoms with Gasteiger partial charge in [-0.3, -0.25) is 9.59 Å². The van der Waals surface area contributed by atoms with Crippen molar-refractivity contribution in [2.24, 2.45) is 0 Å². The molecule has 0 aromatic rings. The van der Waals surface area contributed by atoms with Crippen LogP contribution in [0.3, 0.4) is 0 Å². The molecule has 0 spiro atoms. The van der Waals surface area contributed by atoms with Crippen molar-refractivity contribution in [3.63, 3.8) is 0 Å². The molecule has 0 unspecified atom stereocenters. The smallest absolute Gasteiger partial charge is 0.236 e. The zero-order valence-corrected chi connectivity index (χ0v) is 6.59. The molecule has 0 saturated carbocycles.